The van der Waals surface area contributed by atoms with Crippen LogP contribution in [0.25, 0.3) is 0 Å². The van der Waals surface area contributed by atoms with Crippen LogP contribution in [0.5, 0.6) is 0 Å². The van der Waals surface area contributed by atoms with Gasteiger partial charge < -0.3 is 10.6 Å². The van der Waals surface area contributed by atoms with Gasteiger partial charge in [0.25, 0.3) is 5.91 Å². The Balaban J connectivity index is 2.12. The van der Waals surface area contributed by atoms with Crippen molar-refractivity contribution in [3.05, 3.63) is 34.3 Å². The first-order valence-electron chi connectivity index (χ1n) is 5.93. The van der Waals surface area contributed by atoms with Crippen LogP contribution in [0.3, 0.4) is 0 Å². The summed E-state index contributed by atoms with van der Waals surface area (Å²) in [5.74, 6) is -0.369. The first-order valence-corrected chi connectivity index (χ1v) is 6.31. The first-order chi connectivity index (χ1) is 8.59. The van der Waals surface area contributed by atoms with Crippen LogP contribution in [-0.2, 0) is 4.79 Å². The maximum absolute atomic E-state index is 12.1. The van der Waals surface area contributed by atoms with Gasteiger partial charge in [0.15, 0.2) is 0 Å². The van der Waals surface area contributed by atoms with Crippen LogP contribution in [-0.4, -0.2) is 24.4 Å². The maximum atomic E-state index is 12.1. The van der Waals surface area contributed by atoms with Gasteiger partial charge in [0.05, 0.1) is 0 Å². The minimum absolute atomic E-state index is 0.116. The molecule has 1 saturated heterocycles. The fourth-order valence-corrected chi connectivity index (χ4v) is 2.17. The molecule has 1 fully saturated rings. The second kappa shape index (κ2) is 5.40. The molecular weight excluding hydrogens is 252 g/mol. The molecule has 1 aliphatic heterocycles. The molecule has 2 N–H and O–H groups in total. The summed E-state index contributed by atoms with van der Waals surface area (Å²) >= 11 is 5.97. The standard InChI is InChI=1S/C13H15ClN2O2/c1-8-9(4-2-5-10(8)14)12(17)16-11-6-3-7-15-13(11)18/h2,4-5,11H,3,6-7H2,1H3,(H,15,18)(H,16,17). The van der Waals surface area contributed by atoms with Gasteiger partial charge in [-0.25, -0.2) is 0 Å². The van der Waals surface area contributed by atoms with E-state index in [-0.39, 0.29) is 11.8 Å². The Morgan fingerprint density at radius 1 is 1.50 bits per heavy atom. The minimum Gasteiger partial charge on any atom is -0.354 e. The Morgan fingerprint density at radius 2 is 2.28 bits per heavy atom. The van der Waals surface area contributed by atoms with Gasteiger partial charge in [0, 0.05) is 17.1 Å². The number of halogens is 1. The molecule has 1 unspecified atom stereocenters. The third-order valence-corrected chi connectivity index (χ3v) is 3.51. The molecule has 2 rings (SSSR count). The number of hydrogen-bond acceptors (Lipinski definition) is 2. The minimum atomic E-state index is -0.440. The number of carbonyl (C=O) groups excluding carboxylic acids is 2. The van der Waals surface area contributed by atoms with Gasteiger partial charge in [-0.3, -0.25) is 9.59 Å². The van der Waals surface area contributed by atoms with Crippen LogP contribution in [0, 0.1) is 6.92 Å². The van der Waals surface area contributed by atoms with E-state index in [1.807, 2.05) is 0 Å². The highest BCUT2D eigenvalue weighted by Gasteiger charge is 2.24. The molecule has 96 valence electrons. The van der Waals surface area contributed by atoms with E-state index in [1.165, 1.54) is 0 Å². The zero-order valence-corrected chi connectivity index (χ0v) is 10.9. The summed E-state index contributed by atoms with van der Waals surface area (Å²) in [6.07, 6.45) is 1.56. The number of carbonyl (C=O) groups is 2. The van der Waals surface area contributed by atoms with Crippen LogP contribution in [0.1, 0.15) is 28.8 Å². The van der Waals surface area contributed by atoms with Gasteiger partial charge >= 0.3 is 0 Å². The van der Waals surface area contributed by atoms with Crippen molar-refractivity contribution in [1.82, 2.24) is 10.6 Å². The number of piperidine rings is 1. The Hall–Kier alpha value is -1.55. The van der Waals surface area contributed by atoms with E-state index >= 15 is 0 Å². The predicted molar refractivity (Wildman–Crippen MR) is 69.7 cm³/mol. The molecule has 0 radical (unpaired) electrons. The van der Waals surface area contributed by atoms with E-state index in [4.69, 9.17) is 11.6 Å². The Labute approximate surface area is 111 Å². The third kappa shape index (κ3) is 2.64. The molecule has 1 heterocycles. The molecule has 1 aromatic rings. The topological polar surface area (TPSA) is 58.2 Å². The summed E-state index contributed by atoms with van der Waals surface area (Å²) in [6.45, 7) is 2.47. The lowest BCUT2D eigenvalue weighted by molar-refractivity contribution is -0.124. The van der Waals surface area contributed by atoms with E-state index in [0.717, 1.165) is 12.0 Å². The van der Waals surface area contributed by atoms with Gasteiger partial charge in [-0.05, 0) is 37.5 Å². The number of benzene rings is 1. The predicted octanol–water partition coefficient (Wildman–Crippen LogP) is 1.66. The van der Waals surface area contributed by atoms with Crippen molar-refractivity contribution < 1.29 is 9.59 Å². The first kappa shape index (κ1) is 12.9. The lowest BCUT2D eigenvalue weighted by atomic mass is 10.0. The maximum Gasteiger partial charge on any atom is 0.252 e. The largest absolute Gasteiger partial charge is 0.354 e. The van der Waals surface area contributed by atoms with Gasteiger partial charge in [-0.15, -0.1) is 0 Å². The van der Waals surface area contributed by atoms with Gasteiger partial charge in [0.2, 0.25) is 5.91 Å². The van der Waals surface area contributed by atoms with E-state index < -0.39 is 6.04 Å². The third-order valence-electron chi connectivity index (χ3n) is 3.10. The summed E-state index contributed by atoms with van der Waals surface area (Å²) in [5, 5.41) is 6.03. The van der Waals surface area contributed by atoms with E-state index in [1.54, 1.807) is 25.1 Å². The van der Waals surface area contributed by atoms with Gasteiger partial charge in [0.1, 0.15) is 6.04 Å². The van der Waals surface area contributed by atoms with Crippen molar-refractivity contribution in [3.8, 4) is 0 Å². The van der Waals surface area contributed by atoms with Crippen molar-refractivity contribution in [2.45, 2.75) is 25.8 Å². The Kier molecular flexibility index (Phi) is 3.87. The normalized spacial score (nSPS) is 19.2. The molecule has 0 spiro atoms. The zero-order valence-electron chi connectivity index (χ0n) is 10.1. The van der Waals surface area contributed by atoms with Crippen molar-refractivity contribution in [1.29, 1.82) is 0 Å². The van der Waals surface area contributed by atoms with E-state index in [2.05, 4.69) is 10.6 Å². The highest BCUT2D eigenvalue weighted by Crippen LogP contribution is 2.19. The molecule has 18 heavy (non-hydrogen) atoms. The highest BCUT2D eigenvalue weighted by molar-refractivity contribution is 6.31. The number of amides is 2. The molecule has 0 saturated carbocycles. The monoisotopic (exact) mass is 266 g/mol. The smallest absolute Gasteiger partial charge is 0.252 e. The molecule has 1 atom stereocenters. The Morgan fingerprint density at radius 3 is 3.00 bits per heavy atom. The fraction of sp³-hybridized carbons (Fsp3) is 0.385. The average Bonchev–Trinajstić information content (AvgIpc) is 2.35. The van der Waals surface area contributed by atoms with E-state index in [9.17, 15) is 9.59 Å². The average molecular weight is 267 g/mol. The van der Waals surface area contributed by atoms with Crippen molar-refractivity contribution in [3.63, 3.8) is 0 Å². The molecule has 2 amide bonds. The molecule has 4 nitrogen and oxygen atoms in total. The summed E-state index contributed by atoms with van der Waals surface area (Å²) in [4.78, 5) is 23.6. The van der Waals surface area contributed by atoms with Crippen molar-refractivity contribution in [2.24, 2.45) is 0 Å². The second-order valence-corrected chi connectivity index (χ2v) is 4.78. The SMILES string of the molecule is Cc1c(Cl)cccc1C(=O)NC1CCCNC1=O. The summed E-state index contributed by atoms with van der Waals surface area (Å²) in [7, 11) is 0. The molecule has 0 aromatic heterocycles. The van der Waals surface area contributed by atoms with Gasteiger partial charge in [-0.2, -0.15) is 0 Å². The second-order valence-electron chi connectivity index (χ2n) is 4.37. The zero-order chi connectivity index (χ0) is 13.1. The van der Waals surface area contributed by atoms with E-state index in [0.29, 0.717) is 23.6 Å². The molecule has 1 aromatic carbocycles. The Bertz CT molecular complexity index is 488. The number of nitrogens with one attached hydrogen (secondary N) is 2. The van der Waals surface area contributed by atoms with Crippen LogP contribution < -0.4 is 10.6 Å². The van der Waals surface area contributed by atoms with Crippen LogP contribution in [0.4, 0.5) is 0 Å². The molecule has 0 aliphatic carbocycles. The molecule has 1 aliphatic rings. The van der Waals surface area contributed by atoms with Crippen LogP contribution in [0.15, 0.2) is 18.2 Å². The summed E-state index contributed by atoms with van der Waals surface area (Å²) < 4.78 is 0. The highest BCUT2D eigenvalue weighted by atomic mass is 35.5. The summed E-state index contributed by atoms with van der Waals surface area (Å²) in [5.41, 5.74) is 1.24. The molecule has 5 heteroatoms. The quantitative estimate of drug-likeness (QED) is 0.855. The van der Waals surface area contributed by atoms with Gasteiger partial charge in [-0.1, -0.05) is 17.7 Å². The lowest BCUT2D eigenvalue weighted by Gasteiger charge is -2.23. The molecule has 0 bridgehead atoms. The number of hydrogen-bond donors (Lipinski definition) is 2. The van der Waals surface area contributed by atoms with Crippen LogP contribution >= 0.6 is 11.6 Å². The lowest BCUT2D eigenvalue weighted by Crippen LogP contribution is -2.50. The van der Waals surface area contributed by atoms with Crippen molar-refractivity contribution >= 4 is 23.4 Å². The fourth-order valence-electron chi connectivity index (χ4n) is 2.00. The van der Waals surface area contributed by atoms with Crippen molar-refractivity contribution in [2.75, 3.05) is 6.54 Å². The molecular formula is C13H15ClN2O2. The number of rotatable bonds is 2. The summed E-state index contributed by atoms with van der Waals surface area (Å²) in [6, 6.07) is 4.73. The van der Waals surface area contributed by atoms with Crippen LogP contribution in [0.2, 0.25) is 5.02 Å².